The summed E-state index contributed by atoms with van der Waals surface area (Å²) in [6.45, 7) is 3.90. The van der Waals surface area contributed by atoms with Gasteiger partial charge in [-0.3, -0.25) is 9.69 Å². The highest BCUT2D eigenvalue weighted by molar-refractivity contribution is 6.00. The molecule has 392 valence electrons. The number of carbonyl (C=O) groups excluding carboxylic acids is 2. The molecule has 15 atom stereocenters. The van der Waals surface area contributed by atoms with Gasteiger partial charge in [-0.05, 0) is 191 Å². The molecule has 1 aromatic carbocycles. The SMILES string of the molecule is NCCCc1cccc2c1C(=O)OC21C2CC(C3CCCCC3)C=CC3C4=C5CCC16C(=C(O)CC(C1CC7(CCCC7)C7(CCCC7)C1)N1CC7CC(C1)C1CCC8=C(C5C5C(CC=CC35)C8)N1C7)OC(=O)C426. The number of aliphatic hydroxyl groups is 1. The Morgan fingerprint density at radius 2 is 1.59 bits per heavy atom. The first-order valence-electron chi connectivity index (χ1n) is 31.3. The van der Waals surface area contributed by atoms with E-state index in [0.29, 0.717) is 95.3 Å². The molecule has 3 saturated heterocycles. The normalized spacial score (nSPS) is 45.4. The number of piperidine rings is 2. The first kappa shape index (κ1) is 45.4. The van der Waals surface area contributed by atoms with Crippen LogP contribution in [0.25, 0.3) is 0 Å². The molecule has 0 radical (unpaired) electrons. The van der Waals surface area contributed by atoms with E-state index in [1.807, 2.05) is 0 Å². The van der Waals surface area contributed by atoms with Gasteiger partial charge in [0, 0.05) is 67.2 Å². The zero-order chi connectivity index (χ0) is 49.1. The van der Waals surface area contributed by atoms with Crippen molar-refractivity contribution >= 4 is 11.9 Å². The minimum absolute atomic E-state index is 0.0550. The van der Waals surface area contributed by atoms with Gasteiger partial charge in [-0.15, -0.1) is 0 Å². The van der Waals surface area contributed by atoms with Crippen LogP contribution in [-0.4, -0.2) is 65.1 Å². The predicted molar refractivity (Wildman–Crippen MR) is 284 cm³/mol. The quantitative estimate of drug-likeness (QED) is 0.222. The highest BCUT2D eigenvalue weighted by atomic mass is 16.6. The molecular formula is C66H83N3O5. The lowest BCUT2D eigenvalue weighted by molar-refractivity contribution is -0.283. The Kier molecular flexibility index (Phi) is 9.68. The summed E-state index contributed by atoms with van der Waals surface area (Å²) < 4.78 is 14.9. The van der Waals surface area contributed by atoms with E-state index in [-0.39, 0.29) is 47.6 Å². The summed E-state index contributed by atoms with van der Waals surface area (Å²) in [5.74, 6) is 4.29. The lowest BCUT2D eigenvalue weighted by Gasteiger charge is -2.73. The number of ether oxygens (including phenoxy) is 2. The van der Waals surface area contributed by atoms with E-state index in [1.54, 1.807) is 16.8 Å². The molecule has 5 spiro atoms. The van der Waals surface area contributed by atoms with Gasteiger partial charge in [0.1, 0.15) is 11.2 Å². The van der Waals surface area contributed by atoms with Gasteiger partial charge in [0.2, 0.25) is 0 Å². The lowest BCUT2D eigenvalue weighted by atomic mass is 9.27. The second-order valence-electron chi connectivity index (χ2n) is 28.7. The van der Waals surface area contributed by atoms with E-state index in [1.165, 1.54) is 128 Å². The number of fused-ring (bicyclic) bond motifs is 5. The van der Waals surface area contributed by atoms with Crippen LogP contribution >= 0.6 is 0 Å². The number of nitrogens with zero attached hydrogens (tertiary/aromatic N) is 2. The van der Waals surface area contributed by atoms with Gasteiger partial charge in [0.05, 0.1) is 11.0 Å². The summed E-state index contributed by atoms with van der Waals surface area (Å²) in [4.78, 5) is 38.2. The van der Waals surface area contributed by atoms with Crippen molar-refractivity contribution in [3.8, 4) is 0 Å². The monoisotopic (exact) mass is 998 g/mol. The number of carbonyl (C=O) groups is 2. The number of aliphatic hydroxyl groups excluding tert-OH is 1. The van der Waals surface area contributed by atoms with Crippen LogP contribution in [0.4, 0.5) is 0 Å². The van der Waals surface area contributed by atoms with Crippen LogP contribution < -0.4 is 5.73 Å². The maximum absolute atomic E-state index is 16.8. The minimum Gasteiger partial charge on any atom is -0.509 e. The first-order chi connectivity index (χ1) is 36.2. The Balaban J connectivity index is 0.940. The van der Waals surface area contributed by atoms with E-state index in [9.17, 15) is 5.11 Å². The molecule has 8 nitrogen and oxygen atoms in total. The summed E-state index contributed by atoms with van der Waals surface area (Å²) in [5, 5.41) is 14.0. The molecule has 3 N–H and O–H groups in total. The molecule has 15 unspecified atom stereocenters. The maximum Gasteiger partial charge on any atom is 0.339 e. The number of hydrogen-bond donors (Lipinski definition) is 2. The highest BCUT2D eigenvalue weighted by Crippen LogP contribution is 2.89. The van der Waals surface area contributed by atoms with E-state index in [2.05, 4.69) is 52.3 Å². The fourth-order valence-electron chi connectivity index (χ4n) is 24.4. The van der Waals surface area contributed by atoms with Crippen LogP contribution in [-0.2, 0) is 26.3 Å². The van der Waals surface area contributed by atoms with Gasteiger partial charge in [-0.1, -0.05) is 98.6 Å². The van der Waals surface area contributed by atoms with Crippen molar-refractivity contribution in [3.05, 3.63) is 93.1 Å². The smallest absolute Gasteiger partial charge is 0.339 e. The van der Waals surface area contributed by atoms with Gasteiger partial charge in [-0.2, -0.15) is 0 Å². The molecule has 74 heavy (non-hydrogen) atoms. The molecule has 12 bridgehead atoms. The number of esters is 2. The number of hydrogen-bond acceptors (Lipinski definition) is 8. The van der Waals surface area contributed by atoms with Crippen molar-refractivity contribution in [1.29, 1.82) is 0 Å². The molecule has 10 aliphatic carbocycles. The number of aryl methyl sites for hydroxylation is 1. The zero-order valence-electron chi connectivity index (χ0n) is 44.3. The van der Waals surface area contributed by atoms with Crippen LogP contribution in [0, 0.1) is 86.8 Å². The lowest BCUT2D eigenvalue weighted by Crippen LogP contribution is -2.78. The van der Waals surface area contributed by atoms with Crippen LogP contribution in [0.1, 0.15) is 182 Å². The Hall–Kier alpha value is -3.62. The molecule has 19 aliphatic rings. The van der Waals surface area contributed by atoms with Gasteiger partial charge < -0.3 is 25.2 Å². The first-order valence-corrected chi connectivity index (χ1v) is 31.3. The van der Waals surface area contributed by atoms with Gasteiger partial charge in [-0.25, -0.2) is 4.79 Å². The molecule has 5 saturated carbocycles. The molecule has 1 aromatic rings. The third-order valence-electron chi connectivity index (χ3n) is 26.5. The summed E-state index contributed by atoms with van der Waals surface area (Å²) in [7, 11) is 0. The standard InChI is InChI=1S/C66H83N3O5/c67-28-10-15-40-13-9-17-49-55(40)60(71)74-66(49)53-31-41(39-11-2-1-3-12-39)18-20-47-46-16-8-14-42-30-43-19-21-50-44-29-38-35-68(37-44)51(45-33-62(23-4-5-24-62)63(34-45)25-6-7-26-63)32-52(70)59-64(66)27-22-48(57(47)65(53,64)61(72)73-59)56(54(42)46)58(43)69(50)36-38/h8-9,13,16-18,20,38-39,41-42,44-47,50-51,53-54,56,70H,1-7,10-12,14-15,19,21-37,67H2. The molecule has 0 aromatic heterocycles. The van der Waals surface area contributed by atoms with Crippen molar-refractivity contribution in [2.75, 3.05) is 26.2 Å². The topological polar surface area (TPSA) is 105 Å². The van der Waals surface area contributed by atoms with Gasteiger partial charge in [0.15, 0.2) is 11.4 Å². The third-order valence-corrected chi connectivity index (χ3v) is 26.5. The van der Waals surface area contributed by atoms with Crippen molar-refractivity contribution < 1.29 is 24.2 Å². The minimum atomic E-state index is -1.15. The molecule has 20 rings (SSSR count). The predicted octanol–water partition coefficient (Wildman–Crippen LogP) is 12.6. The number of nitrogens with two attached hydrogens (primary N) is 1. The molecule has 8 heteroatoms. The molecule has 9 aliphatic heterocycles. The van der Waals surface area contributed by atoms with E-state index >= 15 is 9.59 Å². The average Bonchev–Trinajstić information content (AvgIpc) is 4.31. The highest BCUT2D eigenvalue weighted by Gasteiger charge is 2.94. The number of benzene rings is 1. The van der Waals surface area contributed by atoms with Crippen molar-refractivity contribution in [2.24, 2.45) is 92.5 Å². The maximum atomic E-state index is 16.8. The Morgan fingerprint density at radius 3 is 2.39 bits per heavy atom. The summed E-state index contributed by atoms with van der Waals surface area (Å²) in [6.07, 6.45) is 40.7. The second kappa shape index (κ2) is 15.8. The van der Waals surface area contributed by atoms with E-state index in [0.717, 1.165) is 56.4 Å². The average molecular weight is 998 g/mol. The van der Waals surface area contributed by atoms with Crippen molar-refractivity contribution in [2.45, 2.75) is 185 Å². The second-order valence-corrected chi connectivity index (χ2v) is 28.7. The Morgan fingerprint density at radius 1 is 0.784 bits per heavy atom. The van der Waals surface area contributed by atoms with Crippen LogP contribution in [0.5, 0.6) is 0 Å². The zero-order valence-corrected chi connectivity index (χ0v) is 44.3. The van der Waals surface area contributed by atoms with Crippen LogP contribution in [0.15, 0.2) is 76.4 Å². The van der Waals surface area contributed by atoms with Gasteiger partial charge >= 0.3 is 11.9 Å². The summed E-state index contributed by atoms with van der Waals surface area (Å²) in [5.41, 5.74) is 12.8. The number of rotatable bonds is 5. The Labute approximate surface area is 440 Å². The summed E-state index contributed by atoms with van der Waals surface area (Å²) >= 11 is 0. The van der Waals surface area contributed by atoms with Crippen LogP contribution in [0.3, 0.4) is 0 Å². The molecule has 9 heterocycles. The fraction of sp³-hybridized carbons (Fsp3) is 0.727. The number of allylic oxidation sites excluding steroid dienone is 6. The van der Waals surface area contributed by atoms with E-state index in [4.69, 9.17) is 15.2 Å². The summed E-state index contributed by atoms with van der Waals surface area (Å²) in [6, 6.07) is 7.21. The molecule has 0 amide bonds. The Bertz CT molecular complexity index is 2760. The van der Waals surface area contributed by atoms with Crippen molar-refractivity contribution in [1.82, 2.24) is 9.80 Å². The largest absolute Gasteiger partial charge is 0.509 e. The molecule has 8 fully saturated rings. The molecular weight excluding hydrogens is 915 g/mol. The van der Waals surface area contributed by atoms with Crippen molar-refractivity contribution in [3.63, 3.8) is 0 Å². The van der Waals surface area contributed by atoms with Crippen LogP contribution in [0.2, 0.25) is 0 Å². The fourth-order valence-corrected chi connectivity index (χ4v) is 24.4. The van der Waals surface area contributed by atoms with E-state index < -0.39 is 16.4 Å². The third kappa shape index (κ3) is 5.37. The van der Waals surface area contributed by atoms with Gasteiger partial charge in [0.25, 0.3) is 0 Å².